The van der Waals surface area contributed by atoms with Gasteiger partial charge in [-0.15, -0.1) is 0 Å². The van der Waals surface area contributed by atoms with Crippen LogP contribution in [0.1, 0.15) is 18.4 Å². The van der Waals surface area contributed by atoms with Crippen molar-refractivity contribution in [2.75, 3.05) is 39.4 Å². The molecule has 6 nitrogen and oxygen atoms in total. The van der Waals surface area contributed by atoms with E-state index < -0.39 is 0 Å². The third-order valence-electron chi connectivity index (χ3n) is 6.64. The zero-order chi connectivity index (χ0) is 18.2. The van der Waals surface area contributed by atoms with Crippen molar-refractivity contribution in [3.05, 3.63) is 36.2 Å². The molecule has 144 valence electrons. The molecule has 1 saturated carbocycles. The van der Waals surface area contributed by atoms with Gasteiger partial charge < -0.3 is 9.84 Å². The molecular weight excluding hydrogens is 340 g/mol. The molecule has 1 aliphatic carbocycles. The van der Waals surface area contributed by atoms with Crippen LogP contribution in [0.4, 0.5) is 0 Å². The van der Waals surface area contributed by atoms with Crippen molar-refractivity contribution in [1.82, 2.24) is 19.8 Å². The molecule has 2 saturated heterocycles. The Kier molecular flexibility index (Phi) is 4.82. The SMILES string of the molecule is O[C@@H]1C[C@H]2CN(Cc3ccc4nccnc4c3)C[C@H]2C[C@H]1N1CCOCC1. The lowest BCUT2D eigenvalue weighted by molar-refractivity contribution is -0.0520. The minimum absolute atomic E-state index is 0.194. The molecule has 1 aromatic heterocycles. The van der Waals surface area contributed by atoms with Crippen LogP contribution in [0.5, 0.6) is 0 Å². The molecule has 0 radical (unpaired) electrons. The van der Waals surface area contributed by atoms with Gasteiger partial charge in [-0.1, -0.05) is 6.07 Å². The molecular formula is C21H28N4O2. The molecule has 3 heterocycles. The number of ether oxygens (including phenoxy) is 1. The van der Waals surface area contributed by atoms with E-state index in [0.717, 1.165) is 69.8 Å². The summed E-state index contributed by atoms with van der Waals surface area (Å²) >= 11 is 0. The number of benzene rings is 1. The fraction of sp³-hybridized carbons (Fsp3) is 0.619. The minimum atomic E-state index is -0.194. The lowest BCUT2D eigenvalue weighted by Crippen LogP contribution is -2.53. The molecule has 3 fully saturated rings. The lowest BCUT2D eigenvalue weighted by Gasteiger charge is -2.43. The van der Waals surface area contributed by atoms with E-state index in [-0.39, 0.29) is 6.10 Å². The molecule has 2 aromatic rings. The molecule has 1 N–H and O–H groups in total. The van der Waals surface area contributed by atoms with E-state index in [9.17, 15) is 5.11 Å². The van der Waals surface area contributed by atoms with Crippen LogP contribution in [0.15, 0.2) is 30.6 Å². The zero-order valence-corrected chi connectivity index (χ0v) is 15.7. The molecule has 6 heteroatoms. The first-order valence-corrected chi connectivity index (χ1v) is 10.2. The Morgan fingerprint density at radius 3 is 2.56 bits per heavy atom. The highest BCUT2D eigenvalue weighted by Gasteiger charge is 2.43. The van der Waals surface area contributed by atoms with Crippen LogP contribution in [0.2, 0.25) is 0 Å². The van der Waals surface area contributed by atoms with Crippen LogP contribution in [0.3, 0.4) is 0 Å². The maximum absolute atomic E-state index is 10.7. The number of nitrogens with zero attached hydrogens (tertiary/aromatic N) is 4. The second kappa shape index (κ2) is 7.43. The lowest BCUT2D eigenvalue weighted by atomic mass is 9.77. The van der Waals surface area contributed by atoms with Crippen LogP contribution in [0.25, 0.3) is 11.0 Å². The monoisotopic (exact) mass is 368 g/mol. The van der Waals surface area contributed by atoms with Gasteiger partial charge in [-0.2, -0.15) is 0 Å². The maximum Gasteiger partial charge on any atom is 0.0890 e. The van der Waals surface area contributed by atoms with E-state index in [4.69, 9.17) is 4.74 Å². The van der Waals surface area contributed by atoms with Crippen molar-refractivity contribution in [1.29, 1.82) is 0 Å². The number of hydrogen-bond acceptors (Lipinski definition) is 6. The average Bonchev–Trinajstić information content (AvgIpc) is 3.09. The molecule has 0 amide bonds. The van der Waals surface area contributed by atoms with E-state index in [0.29, 0.717) is 17.9 Å². The van der Waals surface area contributed by atoms with Crippen molar-refractivity contribution < 1.29 is 9.84 Å². The first-order valence-electron chi connectivity index (χ1n) is 10.2. The molecule has 0 spiro atoms. The van der Waals surface area contributed by atoms with Gasteiger partial charge in [-0.3, -0.25) is 19.8 Å². The number of fused-ring (bicyclic) bond motifs is 2. The van der Waals surface area contributed by atoms with Crippen LogP contribution in [-0.2, 0) is 11.3 Å². The maximum atomic E-state index is 10.7. The first kappa shape index (κ1) is 17.5. The van der Waals surface area contributed by atoms with Gasteiger partial charge in [-0.25, -0.2) is 0 Å². The van der Waals surface area contributed by atoms with E-state index in [2.05, 4.69) is 38.0 Å². The third-order valence-corrected chi connectivity index (χ3v) is 6.64. The van der Waals surface area contributed by atoms with Crippen LogP contribution >= 0.6 is 0 Å². The second-order valence-electron chi connectivity index (χ2n) is 8.35. The predicted octanol–water partition coefficient (Wildman–Crippen LogP) is 1.53. The average molecular weight is 368 g/mol. The summed E-state index contributed by atoms with van der Waals surface area (Å²) in [4.78, 5) is 13.8. The minimum Gasteiger partial charge on any atom is -0.391 e. The number of hydrogen-bond donors (Lipinski definition) is 1. The van der Waals surface area contributed by atoms with Crippen molar-refractivity contribution >= 4 is 11.0 Å². The van der Waals surface area contributed by atoms with Gasteiger partial charge >= 0.3 is 0 Å². The predicted molar refractivity (Wildman–Crippen MR) is 103 cm³/mol. The smallest absolute Gasteiger partial charge is 0.0890 e. The fourth-order valence-corrected chi connectivity index (χ4v) is 5.30. The number of likely N-dealkylation sites (tertiary alicyclic amines) is 1. The van der Waals surface area contributed by atoms with Crippen molar-refractivity contribution in [3.63, 3.8) is 0 Å². The highest BCUT2D eigenvalue weighted by atomic mass is 16.5. The Hall–Kier alpha value is -1.60. The summed E-state index contributed by atoms with van der Waals surface area (Å²) in [6.07, 6.45) is 5.35. The summed E-state index contributed by atoms with van der Waals surface area (Å²) in [7, 11) is 0. The normalized spacial score (nSPS) is 32.6. The summed E-state index contributed by atoms with van der Waals surface area (Å²) < 4.78 is 5.49. The van der Waals surface area contributed by atoms with E-state index in [1.165, 1.54) is 5.56 Å². The molecule has 1 aromatic carbocycles. The van der Waals surface area contributed by atoms with Gasteiger partial charge in [-0.05, 0) is 42.4 Å². The summed E-state index contributed by atoms with van der Waals surface area (Å²) in [5.74, 6) is 1.32. The Balaban J connectivity index is 1.25. The van der Waals surface area contributed by atoms with Crippen LogP contribution < -0.4 is 0 Å². The van der Waals surface area contributed by atoms with E-state index in [1.54, 1.807) is 12.4 Å². The van der Waals surface area contributed by atoms with Crippen molar-refractivity contribution in [2.45, 2.75) is 31.5 Å². The van der Waals surface area contributed by atoms with Crippen molar-refractivity contribution in [2.24, 2.45) is 11.8 Å². The van der Waals surface area contributed by atoms with E-state index >= 15 is 0 Å². The Bertz CT molecular complexity index is 795. The molecule has 4 atom stereocenters. The Labute approximate surface area is 160 Å². The van der Waals surface area contributed by atoms with Crippen LogP contribution in [0, 0.1) is 11.8 Å². The summed E-state index contributed by atoms with van der Waals surface area (Å²) in [5, 5.41) is 10.7. The highest BCUT2D eigenvalue weighted by molar-refractivity contribution is 5.74. The van der Waals surface area contributed by atoms with E-state index in [1.807, 2.05) is 0 Å². The van der Waals surface area contributed by atoms with Gasteiger partial charge in [0, 0.05) is 51.2 Å². The van der Waals surface area contributed by atoms with Gasteiger partial charge in [0.15, 0.2) is 0 Å². The summed E-state index contributed by atoms with van der Waals surface area (Å²) in [6.45, 7) is 6.70. The van der Waals surface area contributed by atoms with Gasteiger partial charge in [0.2, 0.25) is 0 Å². The van der Waals surface area contributed by atoms with Gasteiger partial charge in [0.05, 0.1) is 30.4 Å². The topological polar surface area (TPSA) is 61.7 Å². The second-order valence-corrected chi connectivity index (χ2v) is 8.35. The third kappa shape index (κ3) is 3.59. The standard InChI is InChI=1S/C21H28N4O2/c26-21-11-17-14-24(12-15-1-2-18-19(9-15)23-4-3-22-18)13-16(17)10-20(21)25-5-7-27-8-6-25/h1-4,9,16-17,20-21,26H,5-8,10-14H2/t16-,17+,20-,21-/m1/s1. The molecule has 5 rings (SSSR count). The zero-order valence-electron chi connectivity index (χ0n) is 15.7. The molecule has 3 aliphatic rings. The fourth-order valence-electron chi connectivity index (χ4n) is 5.30. The van der Waals surface area contributed by atoms with Crippen molar-refractivity contribution in [3.8, 4) is 0 Å². The largest absolute Gasteiger partial charge is 0.391 e. The van der Waals surface area contributed by atoms with Gasteiger partial charge in [0.25, 0.3) is 0 Å². The summed E-state index contributed by atoms with van der Waals surface area (Å²) in [6, 6.07) is 6.71. The molecule has 0 bridgehead atoms. The van der Waals surface area contributed by atoms with Gasteiger partial charge in [0.1, 0.15) is 0 Å². The number of rotatable bonds is 3. The first-order chi connectivity index (χ1) is 13.3. The Morgan fingerprint density at radius 1 is 1.00 bits per heavy atom. The number of aliphatic hydroxyl groups excluding tert-OH is 1. The quantitative estimate of drug-likeness (QED) is 0.887. The van der Waals surface area contributed by atoms with Crippen LogP contribution in [-0.4, -0.2) is 76.4 Å². The highest BCUT2D eigenvalue weighted by Crippen LogP contribution is 2.39. The number of morpholine rings is 1. The number of aliphatic hydroxyl groups is 1. The Morgan fingerprint density at radius 2 is 1.74 bits per heavy atom. The summed E-state index contributed by atoms with van der Waals surface area (Å²) in [5.41, 5.74) is 3.22. The molecule has 0 unspecified atom stereocenters. The molecule has 2 aliphatic heterocycles. The number of aromatic nitrogens is 2. The molecule has 27 heavy (non-hydrogen) atoms.